The van der Waals surface area contributed by atoms with Gasteiger partial charge in [-0.2, -0.15) is 0 Å². The second-order valence-electron chi connectivity index (χ2n) is 7.41. The molecule has 0 spiro atoms. The Labute approximate surface area is 162 Å². The molecule has 27 heavy (non-hydrogen) atoms. The van der Waals surface area contributed by atoms with E-state index >= 15 is 0 Å². The van der Waals surface area contributed by atoms with E-state index in [9.17, 15) is 9.18 Å². The maximum absolute atomic E-state index is 14.6. The number of halogens is 1. The van der Waals surface area contributed by atoms with E-state index in [1.165, 1.54) is 16.7 Å². The van der Waals surface area contributed by atoms with Gasteiger partial charge in [0.15, 0.2) is 0 Å². The molecule has 2 aromatic rings. The van der Waals surface area contributed by atoms with Crippen LogP contribution in [0.5, 0.6) is 0 Å². The van der Waals surface area contributed by atoms with Crippen LogP contribution in [0.2, 0.25) is 0 Å². The highest BCUT2D eigenvalue weighted by Crippen LogP contribution is 2.32. The highest BCUT2D eigenvalue weighted by Gasteiger charge is 2.14. The molecule has 0 fully saturated rings. The van der Waals surface area contributed by atoms with Gasteiger partial charge in [-0.25, -0.2) is 4.39 Å². The van der Waals surface area contributed by atoms with Gasteiger partial charge in [0.05, 0.1) is 6.61 Å². The molecule has 146 valence electrons. The first-order valence-electron chi connectivity index (χ1n) is 9.42. The van der Waals surface area contributed by atoms with Gasteiger partial charge < -0.3 is 9.64 Å². The van der Waals surface area contributed by atoms with Gasteiger partial charge in [-0.3, -0.25) is 4.79 Å². The van der Waals surface area contributed by atoms with Gasteiger partial charge in [-0.15, -0.1) is 0 Å². The van der Waals surface area contributed by atoms with Gasteiger partial charge >= 0.3 is 5.97 Å². The molecule has 2 rings (SSSR count). The van der Waals surface area contributed by atoms with Crippen molar-refractivity contribution in [2.45, 2.75) is 47.1 Å². The minimum Gasteiger partial charge on any atom is -0.466 e. The van der Waals surface area contributed by atoms with E-state index in [4.69, 9.17) is 4.74 Å². The Morgan fingerprint density at radius 3 is 2.22 bits per heavy atom. The van der Waals surface area contributed by atoms with E-state index in [2.05, 4.69) is 45.0 Å². The topological polar surface area (TPSA) is 29.5 Å². The Balaban J connectivity index is 2.40. The summed E-state index contributed by atoms with van der Waals surface area (Å²) < 4.78 is 19.6. The molecule has 0 radical (unpaired) electrons. The van der Waals surface area contributed by atoms with Crippen LogP contribution in [0.4, 0.5) is 4.39 Å². The Morgan fingerprint density at radius 2 is 1.67 bits per heavy atom. The molecule has 0 aliphatic carbocycles. The summed E-state index contributed by atoms with van der Waals surface area (Å²) in [4.78, 5) is 13.8. The molecule has 3 nitrogen and oxygen atoms in total. The number of carbonyl (C=O) groups is 1. The summed E-state index contributed by atoms with van der Waals surface area (Å²) in [7, 11) is 4.11. The molecule has 0 unspecified atom stereocenters. The van der Waals surface area contributed by atoms with Crippen LogP contribution in [0.1, 0.15) is 41.2 Å². The zero-order chi connectivity index (χ0) is 20.1. The molecule has 0 heterocycles. The van der Waals surface area contributed by atoms with Crippen LogP contribution in [0, 0.1) is 26.6 Å². The summed E-state index contributed by atoms with van der Waals surface area (Å²) in [6.07, 6.45) is 0.531. The monoisotopic (exact) mass is 371 g/mol. The molecule has 0 aromatic heterocycles. The lowest BCUT2D eigenvalue weighted by Crippen LogP contribution is -2.11. The maximum atomic E-state index is 14.6. The quantitative estimate of drug-likeness (QED) is 0.643. The molecule has 0 atom stereocenters. The normalized spacial score (nSPS) is 11.1. The van der Waals surface area contributed by atoms with Crippen molar-refractivity contribution in [1.29, 1.82) is 0 Å². The largest absolute Gasteiger partial charge is 0.466 e. The molecule has 0 amide bonds. The molecule has 2 aromatic carbocycles. The number of benzene rings is 2. The molecule has 0 aliphatic heterocycles. The fraction of sp³-hybridized carbons (Fsp3) is 0.435. The Hall–Kier alpha value is -2.20. The summed E-state index contributed by atoms with van der Waals surface area (Å²) >= 11 is 0. The van der Waals surface area contributed by atoms with Crippen LogP contribution < -0.4 is 0 Å². The minimum absolute atomic E-state index is 0.188. The number of rotatable bonds is 7. The predicted molar refractivity (Wildman–Crippen MR) is 108 cm³/mol. The first kappa shape index (κ1) is 21.1. The lowest BCUT2D eigenvalue weighted by molar-refractivity contribution is -0.143. The average Bonchev–Trinajstić information content (AvgIpc) is 2.55. The van der Waals surface area contributed by atoms with E-state index in [1.54, 1.807) is 13.8 Å². The molecule has 0 N–H and O–H groups in total. The van der Waals surface area contributed by atoms with Crippen LogP contribution in [0.15, 0.2) is 24.3 Å². The van der Waals surface area contributed by atoms with Crippen LogP contribution in [-0.2, 0) is 22.5 Å². The second kappa shape index (κ2) is 9.14. The number of hydrogen-bond acceptors (Lipinski definition) is 3. The number of hydrogen-bond donors (Lipinski definition) is 0. The second-order valence-corrected chi connectivity index (χ2v) is 7.41. The van der Waals surface area contributed by atoms with E-state index in [1.807, 2.05) is 12.1 Å². The third-order valence-corrected chi connectivity index (χ3v) is 4.61. The van der Waals surface area contributed by atoms with Crippen molar-refractivity contribution >= 4 is 5.97 Å². The molecule has 0 bridgehead atoms. The number of ether oxygens (including phenoxy) is 1. The lowest BCUT2D eigenvalue weighted by atomic mass is 9.90. The summed E-state index contributed by atoms with van der Waals surface area (Å²) in [6.45, 7) is 8.97. The Morgan fingerprint density at radius 1 is 1.04 bits per heavy atom. The molecular weight excluding hydrogens is 341 g/mol. The van der Waals surface area contributed by atoms with Gasteiger partial charge in [-0.05, 0) is 99.3 Å². The maximum Gasteiger partial charge on any atom is 0.306 e. The highest BCUT2D eigenvalue weighted by atomic mass is 19.1. The summed E-state index contributed by atoms with van der Waals surface area (Å²) in [5.74, 6) is -0.525. The first-order chi connectivity index (χ1) is 12.7. The van der Waals surface area contributed by atoms with Crippen LogP contribution in [0.3, 0.4) is 0 Å². The zero-order valence-electron chi connectivity index (χ0n) is 17.3. The average molecular weight is 371 g/mol. The van der Waals surface area contributed by atoms with Crippen molar-refractivity contribution in [3.63, 3.8) is 0 Å². The fourth-order valence-corrected chi connectivity index (χ4v) is 3.60. The van der Waals surface area contributed by atoms with Crippen LogP contribution in [0.25, 0.3) is 11.1 Å². The molecular formula is C23H30FNO2. The number of esters is 1. The van der Waals surface area contributed by atoms with Crippen LogP contribution >= 0.6 is 0 Å². The number of carbonyl (C=O) groups excluding carboxylic acids is 1. The minimum atomic E-state index is -0.291. The first-order valence-corrected chi connectivity index (χ1v) is 9.42. The van der Waals surface area contributed by atoms with Crippen molar-refractivity contribution in [2.24, 2.45) is 0 Å². The van der Waals surface area contributed by atoms with Crippen LogP contribution in [-0.4, -0.2) is 31.6 Å². The SMILES string of the molecule is CCOC(=O)CCc1cc(-c2c(C)cc(CN(C)C)cc2C)cc(C)c1F. The number of aryl methyl sites for hydroxylation is 4. The third-order valence-electron chi connectivity index (χ3n) is 4.61. The molecule has 4 heteroatoms. The van der Waals surface area contributed by atoms with E-state index < -0.39 is 0 Å². The van der Waals surface area contributed by atoms with Crippen molar-refractivity contribution in [3.8, 4) is 11.1 Å². The van der Waals surface area contributed by atoms with Crippen molar-refractivity contribution in [3.05, 3.63) is 57.9 Å². The van der Waals surface area contributed by atoms with Crippen molar-refractivity contribution < 1.29 is 13.9 Å². The summed E-state index contributed by atoms with van der Waals surface area (Å²) in [5, 5.41) is 0. The highest BCUT2D eigenvalue weighted by molar-refractivity contribution is 5.73. The van der Waals surface area contributed by atoms with Gasteiger partial charge in [0.1, 0.15) is 5.82 Å². The molecule has 0 saturated heterocycles. The lowest BCUT2D eigenvalue weighted by Gasteiger charge is -2.17. The Bertz CT molecular complexity index is 804. The zero-order valence-corrected chi connectivity index (χ0v) is 17.3. The van der Waals surface area contributed by atoms with Gasteiger partial charge in [0.25, 0.3) is 0 Å². The summed E-state index contributed by atoms with van der Waals surface area (Å²) in [5.41, 5.74) is 6.91. The fourth-order valence-electron chi connectivity index (χ4n) is 3.60. The van der Waals surface area contributed by atoms with Crippen molar-refractivity contribution in [2.75, 3.05) is 20.7 Å². The predicted octanol–water partition coefficient (Wildman–Crippen LogP) is 4.98. The summed E-state index contributed by atoms with van der Waals surface area (Å²) in [6, 6.07) is 8.16. The standard InChI is InChI=1S/C23H30FNO2/c1-7-27-21(26)9-8-19-13-20(12-17(4)23(19)24)22-15(2)10-18(11-16(22)3)14-25(5)6/h10-13H,7-9,14H2,1-6H3. The van der Waals surface area contributed by atoms with Crippen molar-refractivity contribution in [1.82, 2.24) is 4.90 Å². The van der Waals surface area contributed by atoms with E-state index in [0.29, 0.717) is 24.2 Å². The smallest absolute Gasteiger partial charge is 0.306 e. The van der Waals surface area contributed by atoms with Gasteiger partial charge in [0.2, 0.25) is 0 Å². The van der Waals surface area contributed by atoms with E-state index in [0.717, 1.165) is 17.7 Å². The number of nitrogens with zero attached hydrogens (tertiary/aromatic N) is 1. The van der Waals surface area contributed by atoms with E-state index in [-0.39, 0.29) is 18.2 Å². The molecule has 0 saturated carbocycles. The van der Waals surface area contributed by atoms with Gasteiger partial charge in [0, 0.05) is 13.0 Å². The Kier molecular flexibility index (Phi) is 7.14. The third kappa shape index (κ3) is 5.39. The van der Waals surface area contributed by atoms with Gasteiger partial charge in [-0.1, -0.05) is 12.1 Å². The molecule has 0 aliphatic rings.